The van der Waals surface area contributed by atoms with Crippen LogP contribution in [0.2, 0.25) is 0 Å². The summed E-state index contributed by atoms with van der Waals surface area (Å²) in [5.41, 5.74) is 2.23. The van der Waals surface area contributed by atoms with Gasteiger partial charge in [0, 0.05) is 12.8 Å². The molecule has 2 heterocycles. The Morgan fingerprint density at radius 2 is 2.05 bits per heavy atom. The lowest BCUT2D eigenvalue weighted by Gasteiger charge is -2.04. The second-order valence-corrected chi connectivity index (χ2v) is 4.89. The number of rotatable bonds is 5. The Morgan fingerprint density at radius 1 is 1.30 bits per heavy atom. The topological polar surface area (TPSA) is 102 Å². The van der Waals surface area contributed by atoms with Crippen LogP contribution in [0.1, 0.15) is 30.6 Å². The smallest absolute Gasteiger partial charge is 0.303 e. The van der Waals surface area contributed by atoms with E-state index in [0.29, 0.717) is 23.9 Å². The molecule has 106 valence electrons. The van der Waals surface area contributed by atoms with Gasteiger partial charge in [0.15, 0.2) is 0 Å². The summed E-state index contributed by atoms with van der Waals surface area (Å²) in [7, 11) is 0. The third kappa shape index (κ3) is 3.37. The van der Waals surface area contributed by atoms with Gasteiger partial charge in [0.25, 0.3) is 0 Å². The Morgan fingerprint density at radius 3 is 2.75 bits per heavy atom. The highest BCUT2D eigenvalue weighted by Crippen LogP contribution is 2.22. The molecule has 0 amide bonds. The van der Waals surface area contributed by atoms with E-state index in [2.05, 4.69) is 20.4 Å². The molecule has 0 aliphatic rings. The Labute approximate surface area is 116 Å². The molecule has 0 fully saturated rings. The lowest BCUT2D eigenvalue weighted by Crippen LogP contribution is -2.07. The van der Waals surface area contributed by atoms with E-state index in [0.717, 1.165) is 11.3 Å². The van der Waals surface area contributed by atoms with Crippen LogP contribution < -0.4 is 0 Å². The summed E-state index contributed by atoms with van der Waals surface area (Å²) in [5.74, 6) is -0.0677. The van der Waals surface area contributed by atoms with Crippen LogP contribution >= 0.6 is 0 Å². The highest BCUT2D eigenvalue weighted by atomic mass is 16.4. The minimum absolute atomic E-state index is 0.0563. The Kier molecular flexibility index (Phi) is 4.07. The van der Waals surface area contributed by atoms with Gasteiger partial charge in [0.1, 0.15) is 0 Å². The van der Waals surface area contributed by atoms with Crippen LogP contribution in [0, 0.1) is 19.8 Å². The first-order chi connectivity index (χ1) is 9.45. The maximum atomic E-state index is 10.6. The molecule has 1 unspecified atom stereocenters. The second-order valence-electron chi connectivity index (χ2n) is 4.89. The number of hydrogen-bond donors (Lipinski definition) is 1. The van der Waals surface area contributed by atoms with Crippen molar-refractivity contribution in [3.8, 4) is 11.5 Å². The fraction of sp³-hybridized carbons (Fsp3) is 0.462. The molecule has 0 aliphatic carbocycles. The van der Waals surface area contributed by atoms with Gasteiger partial charge in [-0.2, -0.15) is 10.2 Å². The molecule has 1 atom stereocenters. The first kappa shape index (κ1) is 14.1. The highest BCUT2D eigenvalue weighted by Gasteiger charge is 2.16. The largest absolute Gasteiger partial charge is 0.481 e. The van der Waals surface area contributed by atoms with Crippen LogP contribution in [0.25, 0.3) is 11.5 Å². The minimum Gasteiger partial charge on any atom is -0.481 e. The highest BCUT2D eigenvalue weighted by molar-refractivity contribution is 5.66. The van der Waals surface area contributed by atoms with Gasteiger partial charge >= 0.3 is 5.97 Å². The number of nitrogens with zero attached hydrogens (tertiary/aromatic N) is 4. The number of carboxylic acids is 1. The van der Waals surface area contributed by atoms with E-state index in [4.69, 9.17) is 9.52 Å². The summed E-state index contributed by atoms with van der Waals surface area (Å²) in [6, 6.07) is 1.83. The van der Waals surface area contributed by atoms with E-state index in [9.17, 15) is 4.79 Å². The maximum Gasteiger partial charge on any atom is 0.303 e. The molecule has 7 heteroatoms. The Hall–Kier alpha value is -2.31. The molecule has 0 aromatic carbocycles. The van der Waals surface area contributed by atoms with Crippen LogP contribution in [-0.2, 0) is 11.2 Å². The van der Waals surface area contributed by atoms with Gasteiger partial charge in [-0.25, -0.2) is 0 Å². The fourth-order valence-electron chi connectivity index (χ4n) is 1.88. The Bertz CT molecular complexity index is 624. The van der Waals surface area contributed by atoms with E-state index in [1.165, 1.54) is 0 Å². The van der Waals surface area contributed by atoms with Gasteiger partial charge in [-0.15, -0.1) is 10.2 Å². The second kappa shape index (κ2) is 5.77. The number of hydrogen-bond acceptors (Lipinski definition) is 6. The SMILES string of the molecule is Cc1cc(-c2nnc(CC(C)CC(=O)O)o2)c(C)nn1. The maximum absolute atomic E-state index is 10.6. The van der Waals surface area contributed by atoms with Crippen molar-refractivity contribution in [1.29, 1.82) is 0 Å². The van der Waals surface area contributed by atoms with E-state index in [1.54, 1.807) is 0 Å². The summed E-state index contributed by atoms with van der Waals surface area (Å²) >= 11 is 0. The molecule has 0 bridgehead atoms. The average Bonchev–Trinajstić information content (AvgIpc) is 2.79. The third-order valence-electron chi connectivity index (χ3n) is 2.84. The van der Waals surface area contributed by atoms with E-state index < -0.39 is 5.97 Å². The molecule has 0 aliphatic heterocycles. The van der Waals surface area contributed by atoms with Gasteiger partial charge in [-0.1, -0.05) is 6.92 Å². The number of carbonyl (C=O) groups is 1. The molecular formula is C13H16N4O3. The predicted molar refractivity (Wildman–Crippen MR) is 69.9 cm³/mol. The normalized spacial score (nSPS) is 12.3. The summed E-state index contributed by atoms with van der Waals surface area (Å²) in [4.78, 5) is 10.6. The van der Waals surface area contributed by atoms with Crippen molar-refractivity contribution >= 4 is 5.97 Å². The molecule has 2 rings (SSSR count). The summed E-state index contributed by atoms with van der Waals surface area (Å²) in [6.45, 7) is 5.49. The van der Waals surface area contributed by atoms with Crippen molar-refractivity contribution < 1.29 is 14.3 Å². The third-order valence-corrected chi connectivity index (χ3v) is 2.84. The molecule has 2 aromatic heterocycles. The summed E-state index contributed by atoms with van der Waals surface area (Å²) in [5, 5.41) is 24.6. The molecule has 0 radical (unpaired) electrons. The van der Waals surface area contributed by atoms with Gasteiger partial charge in [0.05, 0.1) is 17.0 Å². The zero-order valence-electron chi connectivity index (χ0n) is 11.6. The van der Waals surface area contributed by atoms with Crippen LogP contribution in [-0.4, -0.2) is 31.5 Å². The molecule has 0 saturated carbocycles. The van der Waals surface area contributed by atoms with Crippen LogP contribution in [0.15, 0.2) is 10.5 Å². The minimum atomic E-state index is -0.831. The van der Waals surface area contributed by atoms with E-state index in [-0.39, 0.29) is 12.3 Å². The van der Waals surface area contributed by atoms with Gasteiger partial charge in [-0.3, -0.25) is 4.79 Å². The monoisotopic (exact) mass is 276 g/mol. The number of aromatic nitrogens is 4. The standard InChI is InChI=1S/C13H16N4O3/c1-7(5-12(18)19)4-11-16-17-13(20-11)10-6-8(2)14-15-9(10)3/h6-7H,4-5H2,1-3H3,(H,18,19). The molecule has 0 spiro atoms. The van der Waals surface area contributed by atoms with Crippen molar-refractivity contribution in [1.82, 2.24) is 20.4 Å². The van der Waals surface area contributed by atoms with Crippen molar-refractivity contribution in [3.63, 3.8) is 0 Å². The van der Waals surface area contributed by atoms with E-state index >= 15 is 0 Å². The fourth-order valence-corrected chi connectivity index (χ4v) is 1.88. The number of carboxylic acid groups (broad SMARTS) is 1. The predicted octanol–water partition coefficient (Wildman–Crippen LogP) is 1.80. The average molecular weight is 276 g/mol. The molecule has 20 heavy (non-hydrogen) atoms. The Balaban J connectivity index is 2.16. The van der Waals surface area contributed by atoms with Crippen LogP contribution in [0.4, 0.5) is 0 Å². The van der Waals surface area contributed by atoms with Crippen molar-refractivity contribution in [2.75, 3.05) is 0 Å². The van der Waals surface area contributed by atoms with Crippen molar-refractivity contribution in [3.05, 3.63) is 23.3 Å². The lowest BCUT2D eigenvalue weighted by molar-refractivity contribution is -0.137. The van der Waals surface area contributed by atoms with Gasteiger partial charge in [-0.05, 0) is 25.8 Å². The molecule has 2 aromatic rings. The first-order valence-electron chi connectivity index (χ1n) is 6.31. The quantitative estimate of drug-likeness (QED) is 0.888. The molecule has 1 N–H and O–H groups in total. The molecular weight excluding hydrogens is 260 g/mol. The number of aryl methyl sites for hydroxylation is 2. The van der Waals surface area contributed by atoms with Gasteiger partial charge in [0.2, 0.25) is 11.8 Å². The first-order valence-corrected chi connectivity index (χ1v) is 6.31. The van der Waals surface area contributed by atoms with Crippen LogP contribution in [0.3, 0.4) is 0 Å². The lowest BCUT2D eigenvalue weighted by atomic mass is 10.0. The van der Waals surface area contributed by atoms with Crippen molar-refractivity contribution in [2.45, 2.75) is 33.6 Å². The van der Waals surface area contributed by atoms with E-state index in [1.807, 2.05) is 26.8 Å². The molecule has 7 nitrogen and oxygen atoms in total. The zero-order valence-corrected chi connectivity index (χ0v) is 11.6. The summed E-state index contributed by atoms with van der Waals surface area (Å²) in [6.07, 6.45) is 0.516. The van der Waals surface area contributed by atoms with Gasteiger partial charge < -0.3 is 9.52 Å². The van der Waals surface area contributed by atoms with Crippen LogP contribution in [0.5, 0.6) is 0 Å². The number of aliphatic carboxylic acids is 1. The zero-order chi connectivity index (χ0) is 14.7. The van der Waals surface area contributed by atoms with Crippen molar-refractivity contribution in [2.24, 2.45) is 5.92 Å². The molecule has 0 saturated heterocycles. The summed E-state index contributed by atoms with van der Waals surface area (Å²) < 4.78 is 5.57.